The molecule has 21 heavy (non-hydrogen) atoms. The highest BCUT2D eigenvalue weighted by molar-refractivity contribution is 5.63. The van der Waals surface area contributed by atoms with Crippen LogP contribution >= 0.6 is 0 Å². The Morgan fingerprint density at radius 2 is 2.05 bits per heavy atom. The van der Waals surface area contributed by atoms with E-state index in [1.54, 1.807) is 19.2 Å². The lowest BCUT2D eigenvalue weighted by Gasteiger charge is -2.26. The van der Waals surface area contributed by atoms with E-state index < -0.39 is 5.82 Å². The number of nitrogens with one attached hydrogen (secondary N) is 1. The third kappa shape index (κ3) is 2.66. The summed E-state index contributed by atoms with van der Waals surface area (Å²) in [5.41, 5.74) is 0.707. The number of rotatable bonds is 2. The van der Waals surface area contributed by atoms with Crippen molar-refractivity contribution in [3.05, 3.63) is 40.2 Å². The van der Waals surface area contributed by atoms with Crippen molar-refractivity contribution in [1.29, 1.82) is 0 Å². The maximum atomic E-state index is 14.1. The molecule has 0 aromatic carbocycles. The van der Waals surface area contributed by atoms with E-state index >= 15 is 0 Å². The van der Waals surface area contributed by atoms with Crippen molar-refractivity contribution in [2.24, 2.45) is 0 Å². The van der Waals surface area contributed by atoms with Crippen molar-refractivity contribution in [2.75, 3.05) is 18.0 Å². The quantitative estimate of drug-likeness (QED) is 0.921. The highest BCUT2D eigenvalue weighted by atomic mass is 19.1. The van der Waals surface area contributed by atoms with Crippen LogP contribution < -0.4 is 10.5 Å². The van der Waals surface area contributed by atoms with Crippen LogP contribution in [0.5, 0.6) is 0 Å². The van der Waals surface area contributed by atoms with Gasteiger partial charge >= 0.3 is 0 Å². The first kappa shape index (κ1) is 13.7. The van der Waals surface area contributed by atoms with E-state index in [4.69, 9.17) is 0 Å². The second kappa shape index (κ2) is 5.63. The first-order valence-electron chi connectivity index (χ1n) is 7.13. The molecule has 0 amide bonds. The third-order valence-corrected chi connectivity index (χ3v) is 3.78. The molecule has 3 rings (SSSR count). The standard InChI is InChI=1S/C15H17FN4O/c1-10-5-6-17-14(21)12(10)13-11(16)9-18-15(19-13)20-7-3-2-4-8-20/h5-6,9H,2-4,7-8H2,1H3,(H,17,21). The second-order valence-electron chi connectivity index (χ2n) is 5.28. The van der Waals surface area contributed by atoms with Crippen LogP contribution in [0.15, 0.2) is 23.3 Å². The first-order chi connectivity index (χ1) is 10.2. The van der Waals surface area contributed by atoms with Crippen LogP contribution in [-0.4, -0.2) is 28.0 Å². The summed E-state index contributed by atoms with van der Waals surface area (Å²) >= 11 is 0. The van der Waals surface area contributed by atoms with Gasteiger partial charge in [0.25, 0.3) is 5.56 Å². The molecule has 6 heteroatoms. The summed E-state index contributed by atoms with van der Waals surface area (Å²) < 4.78 is 14.1. The molecule has 1 fully saturated rings. The molecule has 0 radical (unpaired) electrons. The zero-order chi connectivity index (χ0) is 14.8. The average Bonchev–Trinajstić information content (AvgIpc) is 2.50. The molecule has 0 bridgehead atoms. The van der Waals surface area contributed by atoms with Gasteiger partial charge in [0.05, 0.1) is 11.8 Å². The van der Waals surface area contributed by atoms with Gasteiger partial charge in [0.1, 0.15) is 5.69 Å². The van der Waals surface area contributed by atoms with Gasteiger partial charge in [-0.2, -0.15) is 0 Å². The molecule has 0 spiro atoms. The number of anilines is 1. The number of halogens is 1. The summed E-state index contributed by atoms with van der Waals surface area (Å²) in [6, 6.07) is 1.73. The van der Waals surface area contributed by atoms with Gasteiger partial charge in [0.2, 0.25) is 5.95 Å². The molecule has 0 unspecified atom stereocenters. The van der Waals surface area contributed by atoms with E-state index in [-0.39, 0.29) is 16.8 Å². The Bertz CT molecular complexity index is 707. The molecule has 1 saturated heterocycles. The van der Waals surface area contributed by atoms with E-state index in [1.807, 2.05) is 4.90 Å². The highest BCUT2D eigenvalue weighted by Crippen LogP contribution is 2.23. The number of hydrogen-bond donors (Lipinski definition) is 1. The van der Waals surface area contributed by atoms with Crippen LogP contribution in [0.4, 0.5) is 10.3 Å². The van der Waals surface area contributed by atoms with Crippen molar-refractivity contribution >= 4 is 5.95 Å². The van der Waals surface area contributed by atoms with Crippen molar-refractivity contribution in [3.8, 4) is 11.3 Å². The average molecular weight is 288 g/mol. The Kier molecular flexibility index (Phi) is 3.68. The maximum absolute atomic E-state index is 14.1. The minimum absolute atomic E-state index is 0.0740. The van der Waals surface area contributed by atoms with Gasteiger partial charge in [-0.3, -0.25) is 4.79 Å². The number of aromatic nitrogens is 3. The molecule has 1 N–H and O–H groups in total. The van der Waals surface area contributed by atoms with Gasteiger partial charge < -0.3 is 9.88 Å². The molecular formula is C15H17FN4O. The SMILES string of the molecule is Cc1cc[nH]c(=O)c1-c1nc(N2CCCCC2)ncc1F. The molecule has 3 heterocycles. The van der Waals surface area contributed by atoms with Crippen LogP contribution in [-0.2, 0) is 0 Å². The number of hydrogen-bond acceptors (Lipinski definition) is 4. The number of pyridine rings is 1. The Morgan fingerprint density at radius 3 is 2.76 bits per heavy atom. The van der Waals surface area contributed by atoms with E-state index in [0.717, 1.165) is 32.1 Å². The van der Waals surface area contributed by atoms with Gasteiger partial charge in [-0.25, -0.2) is 14.4 Å². The number of piperidine rings is 1. The lowest BCUT2D eigenvalue weighted by Crippen LogP contribution is -2.31. The van der Waals surface area contributed by atoms with Crippen molar-refractivity contribution in [2.45, 2.75) is 26.2 Å². The van der Waals surface area contributed by atoms with E-state index in [0.29, 0.717) is 11.5 Å². The number of aromatic amines is 1. The molecule has 2 aromatic heterocycles. The summed E-state index contributed by atoms with van der Waals surface area (Å²) in [6.07, 6.45) is 6.06. The molecule has 2 aromatic rings. The zero-order valence-electron chi connectivity index (χ0n) is 11.9. The largest absolute Gasteiger partial charge is 0.341 e. The summed E-state index contributed by atoms with van der Waals surface area (Å²) in [5.74, 6) is -0.0793. The molecule has 5 nitrogen and oxygen atoms in total. The summed E-state index contributed by atoms with van der Waals surface area (Å²) in [6.45, 7) is 3.51. The summed E-state index contributed by atoms with van der Waals surface area (Å²) in [7, 11) is 0. The van der Waals surface area contributed by atoms with Crippen molar-refractivity contribution in [3.63, 3.8) is 0 Å². The third-order valence-electron chi connectivity index (χ3n) is 3.78. The van der Waals surface area contributed by atoms with Crippen LogP contribution in [0.2, 0.25) is 0 Å². The molecule has 110 valence electrons. The van der Waals surface area contributed by atoms with Crippen LogP contribution in [0.1, 0.15) is 24.8 Å². The molecule has 0 aliphatic carbocycles. The van der Waals surface area contributed by atoms with Crippen LogP contribution in [0.25, 0.3) is 11.3 Å². The molecule has 0 atom stereocenters. The van der Waals surface area contributed by atoms with E-state index in [2.05, 4.69) is 15.0 Å². The topological polar surface area (TPSA) is 61.9 Å². The van der Waals surface area contributed by atoms with Crippen LogP contribution in [0.3, 0.4) is 0 Å². The predicted octanol–water partition coefficient (Wildman–Crippen LogP) is 2.27. The first-order valence-corrected chi connectivity index (χ1v) is 7.13. The molecule has 1 aliphatic rings. The van der Waals surface area contributed by atoms with Crippen LogP contribution in [0, 0.1) is 12.7 Å². The second-order valence-corrected chi connectivity index (χ2v) is 5.28. The number of aryl methyl sites for hydroxylation is 1. The van der Waals surface area contributed by atoms with Crippen molar-refractivity contribution in [1.82, 2.24) is 15.0 Å². The van der Waals surface area contributed by atoms with Crippen molar-refractivity contribution < 1.29 is 4.39 Å². The highest BCUT2D eigenvalue weighted by Gasteiger charge is 2.19. The van der Waals surface area contributed by atoms with Gasteiger partial charge in [-0.15, -0.1) is 0 Å². The zero-order valence-corrected chi connectivity index (χ0v) is 11.9. The predicted molar refractivity (Wildman–Crippen MR) is 78.8 cm³/mol. The van der Waals surface area contributed by atoms with Gasteiger partial charge in [0.15, 0.2) is 5.82 Å². The summed E-state index contributed by atoms with van der Waals surface area (Å²) in [4.78, 5) is 25.0. The fourth-order valence-corrected chi connectivity index (χ4v) is 2.65. The maximum Gasteiger partial charge on any atom is 0.257 e. The minimum Gasteiger partial charge on any atom is -0.341 e. The smallest absolute Gasteiger partial charge is 0.257 e. The normalized spacial score (nSPS) is 15.2. The van der Waals surface area contributed by atoms with Gasteiger partial charge in [-0.05, 0) is 37.8 Å². The number of H-pyrrole nitrogens is 1. The van der Waals surface area contributed by atoms with E-state index in [9.17, 15) is 9.18 Å². The Morgan fingerprint density at radius 1 is 1.29 bits per heavy atom. The Labute approximate surface area is 121 Å². The Balaban J connectivity index is 2.08. The molecule has 1 aliphatic heterocycles. The van der Waals surface area contributed by atoms with Gasteiger partial charge in [0, 0.05) is 19.3 Å². The molecular weight excluding hydrogens is 271 g/mol. The summed E-state index contributed by atoms with van der Waals surface area (Å²) in [5, 5.41) is 0. The van der Waals surface area contributed by atoms with Gasteiger partial charge in [-0.1, -0.05) is 0 Å². The van der Waals surface area contributed by atoms with E-state index in [1.165, 1.54) is 6.42 Å². The minimum atomic E-state index is -0.574. The fourth-order valence-electron chi connectivity index (χ4n) is 2.65. The molecule has 0 saturated carbocycles. The lowest BCUT2D eigenvalue weighted by molar-refractivity contribution is 0.563. The lowest BCUT2D eigenvalue weighted by atomic mass is 10.1. The fraction of sp³-hybridized carbons (Fsp3) is 0.400. The monoisotopic (exact) mass is 288 g/mol. The Hall–Kier alpha value is -2.24. The number of nitrogens with zero attached hydrogens (tertiary/aromatic N) is 3.